The average Bonchev–Trinajstić information content (AvgIpc) is 2.41. The summed E-state index contributed by atoms with van der Waals surface area (Å²) in [5.74, 6) is 0.965. The summed E-state index contributed by atoms with van der Waals surface area (Å²) in [6.45, 7) is 0.273. The molecule has 0 aliphatic carbocycles. The topological polar surface area (TPSA) is 33.1 Å². The van der Waals surface area contributed by atoms with Gasteiger partial charge in [-0.2, -0.15) is 0 Å². The fourth-order valence-electron chi connectivity index (χ4n) is 0.481. The molecular formula is C6H8NOS2. The number of hydrogen-bond donors (Lipinski definition) is 1. The zero-order valence-electron chi connectivity index (χ0n) is 5.41. The van der Waals surface area contributed by atoms with Gasteiger partial charge in [0, 0.05) is 12.4 Å². The number of rotatable bonds is 4. The van der Waals surface area contributed by atoms with E-state index in [1.54, 1.807) is 18.0 Å². The molecule has 0 saturated heterocycles. The minimum absolute atomic E-state index is 0.273. The van der Waals surface area contributed by atoms with Gasteiger partial charge in [-0.05, 0) is 6.42 Å². The van der Waals surface area contributed by atoms with Crippen LogP contribution in [-0.4, -0.2) is 22.5 Å². The Labute approximate surface area is 68.3 Å². The van der Waals surface area contributed by atoms with E-state index in [2.05, 4.69) is 10.5 Å². The van der Waals surface area contributed by atoms with Gasteiger partial charge in [0.15, 0.2) is 5.51 Å². The van der Waals surface area contributed by atoms with Crippen molar-refractivity contribution in [3.63, 3.8) is 0 Å². The second-order valence-corrected chi connectivity index (χ2v) is 3.92. The van der Waals surface area contributed by atoms with Gasteiger partial charge in [0.2, 0.25) is 0 Å². The fourth-order valence-corrected chi connectivity index (χ4v) is 1.98. The van der Waals surface area contributed by atoms with E-state index in [0.29, 0.717) is 0 Å². The van der Waals surface area contributed by atoms with Crippen LogP contribution in [0, 0.1) is 5.51 Å². The Hall–Kier alpha value is -0.0600. The van der Waals surface area contributed by atoms with Crippen LogP contribution >= 0.6 is 23.1 Å². The van der Waals surface area contributed by atoms with Crippen molar-refractivity contribution in [3.8, 4) is 0 Å². The van der Waals surface area contributed by atoms with Crippen LogP contribution in [0.5, 0.6) is 0 Å². The molecule has 0 amide bonds. The maximum absolute atomic E-state index is 8.46. The van der Waals surface area contributed by atoms with Crippen LogP contribution in [0.2, 0.25) is 0 Å². The zero-order chi connectivity index (χ0) is 7.23. The van der Waals surface area contributed by atoms with Crippen molar-refractivity contribution in [3.05, 3.63) is 11.7 Å². The van der Waals surface area contributed by atoms with Gasteiger partial charge in [0.25, 0.3) is 0 Å². The molecule has 1 heterocycles. The summed E-state index contributed by atoms with van der Waals surface area (Å²) in [6, 6.07) is 0. The zero-order valence-corrected chi connectivity index (χ0v) is 7.04. The Kier molecular flexibility index (Phi) is 3.79. The molecule has 1 aromatic rings. The summed E-state index contributed by atoms with van der Waals surface area (Å²) in [7, 11) is 0. The molecule has 0 unspecified atom stereocenters. The van der Waals surface area contributed by atoms with E-state index in [0.717, 1.165) is 12.2 Å². The highest BCUT2D eigenvalue weighted by Crippen LogP contribution is 2.21. The van der Waals surface area contributed by atoms with Crippen LogP contribution in [0.3, 0.4) is 0 Å². The molecule has 0 aliphatic heterocycles. The SMILES string of the molecule is OCCCSc1cn[c]s1. The highest BCUT2D eigenvalue weighted by molar-refractivity contribution is 8.01. The fraction of sp³-hybridized carbons (Fsp3) is 0.500. The smallest absolute Gasteiger partial charge is 0.153 e. The lowest BCUT2D eigenvalue weighted by atomic mass is 10.5. The lowest BCUT2D eigenvalue weighted by Gasteiger charge is -1.92. The molecule has 0 aromatic carbocycles. The molecule has 1 N–H and O–H groups in total. The molecule has 4 heteroatoms. The second kappa shape index (κ2) is 4.71. The Morgan fingerprint density at radius 1 is 1.80 bits per heavy atom. The highest BCUT2D eigenvalue weighted by Gasteiger charge is 1.93. The lowest BCUT2D eigenvalue weighted by molar-refractivity contribution is 0.296. The Morgan fingerprint density at radius 3 is 3.30 bits per heavy atom. The Bertz CT molecular complexity index is 164. The van der Waals surface area contributed by atoms with Crippen LogP contribution in [0.1, 0.15) is 6.42 Å². The van der Waals surface area contributed by atoms with Gasteiger partial charge in [0.1, 0.15) is 0 Å². The molecule has 55 valence electrons. The molecule has 0 fully saturated rings. The van der Waals surface area contributed by atoms with Gasteiger partial charge in [-0.1, -0.05) is 0 Å². The van der Waals surface area contributed by atoms with E-state index in [1.807, 2.05) is 0 Å². The summed E-state index contributed by atoms with van der Waals surface area (Å²) in [6.07, 6.45) is 2.65. The van der Waals surface area contributed by atoms with Crippen LogP contribution in [0.4, 0.5) is 0 Å². The molecule has 1 aromatic heterocycles. The molecular weight excluding hydrogens is 166 g/mol. The number of aromatic nitrogens is 1. The monoisotopic (exact) mass is 174 g/mol. The van der Waals surface area contributed by atoms with E-state index in [-0.39, 0.29) is 6.61 Å². The minimum Gasteiger partial charge on any atom is -0.396 e. The lowest BCUT2D eigenvalue weighted by Crippen LogP contribution is -1.83. The molecule has 0 saturated carbocycles. The third kappa shape index (κ3) is 2.68. The van der Waals surface area contributed by atoms with Crippen molar-refractivity contribution in [1.82, 2.24) is 4.98 Å². The van der Waals surface area contributed by atoms with E-state index in [4.69, 9.17) is 5.11 Å². The maximum atomic E-state index is 8.46. The van der Waals surface area contributed by atoms with Crippen molar-refractivity contribution >= 4 is 23.1 Å². The predicted molar refractivity (Wildman–Crippen MR) is 43.4 cm³/mol. The van der Waals surface area contributed by atoms with E-state index < -0.39 is 0 Å². The number of aliphatic hydroxyl groups excluding tert-OH is 1. The van der Waals surface area contributed by atoms with Crippen LogP contribution < -0.4 is 0 Å². The molecule has 0 atom stereocenters. The molecule has 1 rings (SSSR count). The van der Waals surface area contributed by atoms with Crippen molar-refractivity contribution in [2.24, 2.45) is 0 Å². The first-order valence-electron chi connectivity index (χ1n) is 2.99. The summed E-state index contributed by atoms with van der Waals surface area (Å²) in [4.78, 5) is 3.81. The third-order valence-electron chi connectivity index (χ3n) is 0.916. The summed E-state index contributed by atoms with van der Waals surface area (Å²) in [5, 5.41) is 8.46. The van der Waals surface area contributed by atoms with Crippen molar-refractivity contribution in [2.45, 2.75) is 10.6 Å². The van der Waals surface area contributed by atoms with E-state index in [9.17, 15) is 0 Å². The Morgan fingerprint density at radius 2 is 2.70 bits per heavy atom. The molecule has 0 aliphatic rings. The maximum Gasteiger partial charge on any atom is 0.153 e. The normalized spacial score (nSPS) is 10.1. The molecule has 2 nitrogen and oxygen atoms in total. The molecule has 0 spiro atoms. The first-order chi connectivity index (χ1) is 4.93. The van der Waals surface area contributed by atoms with Crippen molar-refractivity contribution in [1.29, 1.82) is 0 Å². The van der Waals surface area contributed by atoms with Gasteiger partial charge < -0.3 is 5.11 Å². The van der Waals surface area contributed by atoms with Gasteiger partial charge in [-0.25, -0.2) is 4.98 Å². The molecule has 10 heavy (non-hydrogen) atoms. The van der Waals surface area contributed by atoms with Gasteiger partial charge >= 0.3 is 0 Å². The van der Waals surface area contributed by atoms with Crippen molar-refractivity contribution < 1.29 is 5.11 Å². The predicted octanol–water partition coefficient (Wildman–Crippen LogP) is 1.42. The number of aliphatic hydroxyl groups is 1. The number of nitrogens with zero attached hydrogens (tertiary/aromatic N) is 1. The first-order valence-corrected chi connectivity index (χ1v) is 4.79. The third-order valence-corrected chi connectivity index (χ3v) is 2.91. The largest absolute Gasteiger partial charge is 0.396 e. The molecule has 0 bridgehead atoms. The summed E-state index contributed by atoms with van der Waals surface area (Å²) < 4.78 is 1.17. The van der Waals surface area contributed by atoms with Gasteiger partial charge in [-0.3, -0.25) is 0 Å². The average molecular weight is 174 g/mol. The van der Waals surface area contributed by atoms with E-state index >= 15 is 0 Å². The minimum atomic E-state index is 0.273. The van der Waals surface area contributed by atoms with E-state index in [1.165, 1.54) is 15.5 Å². The summed E-state index contributed by atoms with van der Waals surface area (Å²) in [5.41, 5.74) is 2.76. The Balaban J connectivity index is 2.15. The van der Waals surface area contributed by atoms with Crippen molar-refractivity contribution in [2.75, 3.05) is 12.4 Å². The quantitative estimate of drug-likeness (QED) is 0.553. The number of thiazole rings is 1. The van der Waals surface area contributed by atoms with Crippen LogP contribution in [-0.2, 0) is 0 Å². The number of thioether (sulfide) groups is 1. The standard InChI is InChI=1S/C6H8NOS2/c8-2-1-3-9-6-4-7-5-10-6/h4,8H,1-3H2. The summed E-state index contributed by atoms with van der Waals surface area (Å²) >= 11 is 3.24. The van der Waals surface area contributed by atoms with Gasteiger partial charge in [-0.15, -0.1) is 23.1 Å². The number of hydrogen-bond acceptors (Lipinski definition) is 4. The first kappa shape index (κ1) is 8.04. The van der Waals surface area contributed by atoms with Crippen LogP contribution in [0.15, 0.2) is 10.4 Å². The second-order valence-electron chi connectivity index (χ2n) is 1.70. The highest BCUT2D eigenvalue weighted by atomic mass is 32.2. The van der Waals surface area contributed by atoms with Crippen LogP contribution in [0.25, 0.3) is 0 Å². The molecule has 1 radical (unpaired) electrons. The van der Waals surface area contributed by atoms with Gasteiger partial charge in [0.05, 0.1) is 10.4 Å².